The minimum atomic E-state index is -4.47. The van der Waals surface area contributed by atoms with Crippen molar-refractivity contribution in [1.29, 1.82) is 0 Å². The smallest absolute Gasteiger partial charge is 0.345 e. The third-order valence-electron chi connectivity index (χ3n) is 2.24. The van der Waals surface area contributed by atoms with Gasteiger partial charge in [0.1, 0.15) is 12.6 Å². The van der Waals surface area contributed by atoms with Crippen molar-refractivity contribution in [2.75, 3.05) is 6.54 Å². The van der Waals surface area contributed by atoms with E-state index in [0.29, 0.717) is 5.56 Å². The van der Waals surface area contributed by atoms with Crippen molar-refractivity contribution >= 4 is 11.8 Å². The molecule has 0 heterocycles. The van der Waals surface area contributed by atoms with Crippen LogP contribution < -0.4 is 10.6 Å². The highest BCUT2D eigenvalue weighted by molar-refractivity contribution is 5.97. The van der Waals surface area contributed by atoms with Crippen LogP contribution in [0.25, 0.3) is 0 Å². The van der Waals surface area contributed by atoms with E-state index in [1.54, 1.807) is 23.5 Å². The van der Waals surface area contributed by atoms with Crippen molar-refractivity contribution in [3.63, 3.8) is 0 Å². The van der Waals surface area contributed by atoms with E-state index in [0.717, 1.165) is 0 Å². The first-order valence-electron chi connectivity index (χ1n) is 5.50. The van der Waals surface area contributed by atoms with E-state index in [1.165, 1.54) is 19.1 Å². The van der Waals surface area contributed by atoms with E-state index in [4.69, 9.17) is 0 Å². The summed E-state index contributed by atoms with van der Waals surface area (Å²) in [6, 6.07) is 7.03. The molecule has 0 aliphatic rings. The monoisotopic (exact) mass is 274 g/mol. The summed E-state index contributed by atoms with van der Waals surface area (Å²) in [7, 11) is 0. The normalized spacial score (nSPS) is 12.6. The Morgan fingerprint density at radius 3 is 2.32 bits per heavy atom. The molecule has 0 saturated heterocycles. The Labute approximate surface area is 108 Å². The van der Waals surface area contributed by atoms with Crippen molar-refractivity contribution < 1.29 is 22.8 Å². The van der Waals surface area contributed by atoms with Crippen LogP contribution in [0.15, 0.2) is 30.3 Å². The fraction of sp³-hybridized carbons (Fsp3) is 0.333. The van der Waals surface area contributed by atoms with Gasteiger partial charge < -0.3 is 10.6 Å². The van der Waals surface area contributed by atoms with Gasteiger partial charge in [-0.1, -0.05) is 18.2 Å². The van der Waals surface area contributed by atoms with Gasteiger partial charge in [-0.15, -0.1) is 0 Å². The summed E-state index contributed by atoms with van der Waals surface area (Å²) in [5.74, 6) is -1.41. The maximum atomic E-state index is 11.9. The maximum Gasteiger partial charge on any atom is 0.405 e. The Bertz CT molecular complexity index is 446. The third-order valence-corrected chi connectivity index (χ3v) is 2.24. The molecule has 0 fully saturated rings. The lowest BCUT2D eigenvalue weighted by molar-refractivity contribution is -0.139. The van der Waals surface area contributed by atoms with Gasteiger partial charge in [-0.25, -0.2) is 0 Å². The molecule has 1 unspecified atom stereocenters. The summed E-state index contributed by atoms with van der Waals surface area (Å²) < 4.78 is 35.7. The Morgan fingerprint density at radius 1 is 1.21 bits per heavy atom. The maximum absolute atomic E-state index is 11.9. The van der Waals surface area contributed by atoms with E-state index >= 15 is 0 Å². The molecule has 2 N–H and O–H groups in total. The third kappa shape index (κ3) is 5.41. The lowest BCUT2D eigenvalue weighted by atomic mass is 10.2. The summed E-state index contributed by atoms with van der Waals surface area (Å²) in [5.41, 5.74) is 0.331. The van der Waals surface area contributed by atoms with Gasteiger partial charge in [0.15, 0.2) is 0 Å². The minimum Gasteiger partial charge on any atom is -0.345 e. The highest BCUT2D eigenvalue weighted by atomic mass is 19.4. The van der Waals surface area contributed by atoms with Crippen molar-refractivity contribution in [2.24, 2.45) is 0 Å². The lowest BCUT2D eigenvalue weighted by Gasteiger charge is -2.15. The van der Waals surface area contributed by atoms with Gasteiger partial charge in [0.05, 0.1) is 0 Å². The van der Waals surface area contributed by atoms with Gasteiger partial charge in [0.2, 0.25) is 5.91 Å². The Hall–Kier alpha value is -2.05. The molecule has 104 valence electrons. The summed E-state index contributed by atoms with van der Waals surface area (Å²) >= 11 is 0. The van der Waals surface area contributed by atoms with Crippen LogP contribution in [0.3, 0.4) is 0 Å². The minimum absolute atomic E-state index is 0.331. The van der Waals surface area contributed by atoms with Gasteiger partial charge >= 0.3 is 6.18 Å². The molecule has 19 heavy (non-hydrogen) atoms. The molecule has 2 amide bonds. The highest BCUT2D eigenvalue weighted by Crippen LogP contribution is 2.12. The van der Waals surface area contributed by atoms with Gasteiger partial charge in [0.25, 0.3) is 5.91 Å². The number of hydrogen-bond acceptors (Lipinski definition) is 2. The Kier molecular flexibility index (Phi) is 4.91. The predicted molar refractivity (Wildman–Crippen MR) is 62.4 cm³/mol. The van der Waals surface area contributed by atoms with Crippen LogP contribution in [0.2, 0.25) is 0 Å². The number of hydrogen-bond donors (Lipinski definition) is 2. The molecule has 0 radical (unpaired) electrons. The molecule has 4 nitrogen and oxygen atoms in total. The number of amides is 2. The lowest BCUT2D eigenvalue weighted by Crippen LogP contribution is -2.47. The van der Waals surface area contributed by atoms with E-state index in [9.17, 15) is 22.8 Å². The summed E-state index contributed by atoms with van der Waals surface area (Å²) in [6.45, 7) is -0.107. The number of halogens is 3. The molecular formula is C12H13F3N2O2. The van der Waals surface area contributed by atoms with Crippen LogP contribution in [-0.2, 0) is 4.79 Å². The van der Waals surface area contributed by atoms with Gasteiger partial charge in [-0.2, -0.15) is 13.2 Å². The number of carbonyl (C=O) groups is 2. The van der Waals surface area contributed by atoms with E-state index in [-0.39, 0.29) is 0 Å². The molecule has 0 bridgehead atoms. The first kappa shape index (κ1) is 15.0. The molecule has 0 aliphatic heterocycles. The number of benzene rings is 1. The molecule has 7 heteroatoms. The molecule has 1 aromatic carbocycles. The molecule has 0 aromatic heterocycles. The summed E-state index contributed by atoms with van der Waals surface area (Å²) in [5, 5.41) is 4.01. The fourth-order valence-corrected chi connectivity index (χ4v) is 1.28. The zero-order valence-electron chi connectivity index (χ0n) is 10.1. The number of nitrogens with one attached hydrogen (secondary N) is 2. The van der Waals surface area contributed by atoms with Crippen molar-refractivity contribution in [3.8, 4) is 0 Å². The van der Waals surface area contributed by atoms with Crippen LogP contribution in [0, 0.1) is 0 Å². The van der Waals surface area contributed by atoms with Crippen LogP contribution >= 0.6 is 0 Å². The average Bonchev–Trinajstić information content (AvgIpc) is 2.36. The largest absolute Gasteiger partial charge is 0.405 e. The molecule has 1 atom stereocenters. The predicted octanol–water partition coefficient (Wildman–Crippen LogP) is 1.48. The van der Waals surface area contributed by atoms with Gasteiger partial charge in [0, 0.05) is 5.56 Å². The molecule has 0 spiro atoms. The fourth-order valence-electron chi connectivity index (χ4n) is 1.28. The zero-order valence-corrected chi connectivity index (χ0v) is 10.1. The van der Waals surface area contributed by atoms with Crippen LogP contribution in [0.1, 0.15) is 17.3 Å². The van der Waals surface area contributed by atoms with Crippen LogP contribution in [-0.4, -0.2) is 30.6 Å². The first-order chi connectivity index (χ1) is 8.79. The molecular weight excluding hydrogens is 261 g/mol. The van der Waals surface area contributed by atoms with E-state index in [2.05, 4.69) is 5.32 Å². The Morgan fingerprint density at radius 2 is 1.79 bits per heavy atom. The van der Waals surface area contributed by atoms with Crippen molar-refractivity contribution in [3.05, 3.63) is 35.9 Å². The second-order valence-corrected chi connectivity index (χ2v) is 3.89. The van der Waals surface area contributed by atoms with Gasteiger partial charge in [-0.3, -0.25) is 9.59 Å². The molecule has 0 aliphatic carbocycles. The van der Waals surface area contributed by atoms with Crippen LogP contribution in [0.4, 0.5) is 13.2 Å². The summed E-state index contributed by atoms with van der Waals surface area (Å²) in [4.78, 5) is 23.0. The SMILES string of the molecule is CC(NC(=O)c1ccccc1)C(=O)NCC(F)(F)F. The summed E-state index contributed by atoms with van der Waals surface area (Å²) in [6.07, 6.45) is -4.47. The molecule has 1 rings (SSSR count). The van der Waals surface area contributed by atoms with Gasteiger partial charge in [-0.05, 0) is 19.1 Å². The average molecular weight is 274 g/mol. The number of rotatable bonds is 4. The quantitative estimate of drug-likeness (QED) is 0.873. The van der Waals surface area contributed by atoms with Crippen molar-refractivity contribution in [1.82, 2.24) is 10.6 Å². The number of alkyl halides is 3. The second-order valence-electron chi connectivity index (χ2n) is 3.89. The Balaban J connectivity index is 2.48. The van der Waals surface area contributed by atoms with Crippen molar-refractivity contribution in [2.45, 2.75) is 19.1 Å². The standard InChI is InChI=1S/C12H13F3N2O2/c1-8(10(18)16-7-12(13,14)15)17-11(19)9-5-3-2-4-6-9/h2-6,8H,7H2,1H3,(H,16,18)(H,17,19). The topological polar surface area (TPSA) is 58.2 Å². The number of carbonyl (C=O) groups excluding carboxylic acids is 2. The highest BCUT2D eigenvalue weighted by Gasteiger charge is 2.29. The van der Waals surface area contributed by atoms with E-state index < -0.39 is 30.6 Å². The second kappa shape index (κ2) is 6.21. The first-order valence-corrected chi connectivity index (χ1v) is 5.50. The zero-order chi connectivity index (χ0) is 14.5. The molecule has 1 aromatic rings. The van der Waals surface area contributed by atoms with Crippen LogP contribution in [0.5, 0.6) is 0 Å². The van der Waals surface area contributed by atoms with E-state index in [1.807, 2.05) is 0 Å². The molecule has 0 saturated carbocycles.